The van der Waals surface area contributed by atoms with Crippen LogP contribution in [0.3, 0.4) is 0 Å². The quantitative estimate of drug-likeness (QED) is 0.779. The van der Waals surface area contributed by atoms with Crippen molar-refractivity contribution in [2.75, 3.05) is 19.6 Å². The molecule has 0 fully saturated rings. The second-order valence-electron chi connectivity index (χ2n) is 6.00. The lowest BCUT2D eigenvalue weighted by Gasteiger charge is -2.29. The van der Waals surface area contributed by atoms with Gasteiger partial charge in [0.1, 0.15) is 0 Å². The molecular formula is C18H30N2. The Morgan fingerprint density at radius 1 is 1.20 bits per heavy atom. The highest BCUT2D eigenvalue weighted by Crippen LogP contribution is 2.18. The molecule has 0 bridgehead atoms. The average Bonchev–Trinajstić information content (AvgIpc) is 2.50. The van der Waals surface area contributed by atoms with Gasteiger partial charge in [0.05, 0.1) is 0 Å². The topological polar surface area (TPSA) is 15.3 Å². The zero-order valence-corrected chi connectivity index (χ0v) is 13.2. The van der Waals surface area contributed by atoms with E-state index in [0.29, 0.717) is 6.04 Å². The molecule has 1 aromatic rings. The fourth-order valence-electron chi connectivity index (χ4n) is 3.11. The molecule has 0 saturated heterocycles. The maximum absolute atomic E-state index is 3.65. The fourth-order valence-corrected chi connectivity index (χ4v) is 3.11. The predicted octanol–water partition coefficient (Wildman–Crippen LogP) is 3.60. The van der Waals surface area contributed by atoms with Gasteiger partial charge in [0.15, 0.2) is 0 Å². The molecule has 1 unspecified atom stereocenters. The van der Waals surface area contributed by atoms with Crippen molar-refractivity contribution in [2.24, 2.45) is 0 Å². The van der Waals surface area contributed by atoms with E-state index >= 15 is 0 Å². The van der Waals surface area contributed by atoms with Gasteiger partial charge in [-0.3, -0.25) is 4.90 Å². The SMILES string of the molecule is CCCNC(CC)CCCN1CCc2ccccc2C1. The van der Waals surface area contributed by atoms with Gasteiger partial charge in [0.25, 0.3) is 0 Å². The number of benzene rings is 1. The third-order valence-corrected chi connectivity index (χ3v) is 4.41. The second kappa shape index (κ2) is 8.43. The summed E-state index contributed by atoms with van der Waals surface area (Å²) in [4.78, 5) is 2.62. The number of nitrogens with one attached hydrogen (secondary N) is 1. The molecule has 0 aromatic heterocycles. The number of nitrogens with zero attached hydrogens (tertiary/aromatic N) is 1. The molecule has 1 aromatic carbocycles. The molecular weight excluding hydrogens is 244 g/mol. The summed E-state index contributed by atoms with van der Waals surface area (Å²) in [7, 11) is 0. The lowest BCUT2D eigenvalue weighted by atomic mass is 9.99. The highest BCUT2D eigenvalue weighted by Gasteiger charge is 2.15. The Labute approximate surface area is 124 Å². The third-order valence-electron chi connectivity index (χ3n) is 4.41. The molecule has 2 heteroatoms. The Bertz CT molecular complexity index is 389. The van der Waals surface area contributed by atoms with E-state index in [1.807, 2.05) is 0 Å². The first-order valence-corrected chi connectivity index (χ1v) is 8.36. The highest BCUT2D eigenvalue weighted by atomic mass is 15.1. The molecule has 20 heavy (non-hydrogen) atoms. The largest absolute Gasteiger partial charge is 0.314 e. The smallest absolute Gasteiger partial charge is 0.0236 e. The van der Waals surface area contributed by atoms with Crippen LogP contribution in [0.2, 0.25) is 0 Å². The van der Waals surface area contributed by atoms with Crippen LogP contribution >= 0.6 is 0 Å². The van der Waals surface area contributed by atoms with Crippen molar-refractivity contribution in [1.82, 2.24) is 10.2 Å². The maximum Gasteiger partial charge on any atom is 0.0236 e. The Morgan fingerprint density at radius 2 is 2.00 bits per heavy atom. The first-order valence-electron chi connectivity index (χ1n) is 8.36. The predicted molar refractivity (Wildman–Crippen MR) is 87.0 cm³/mol. The van der Waals surface area contributed by atoms with Gasteiger partial charge in [0, 0.05) is 19.1 Å². The molecule has 1 heterocycles. The van der Waals surface area contributed by atoms with Crippen LogP contribution < -0.4 is 5.32 Å². The molecule has 0 saturated carbocycles. The minimum atomic E-state index is 0.715. The minimum Gasteiger partial charge on any atom is -0.314 e. The lowest BCUT2D eigenvalue weighted by Crippen LogP contribution is -2.33. The van der Waals surface area contributed by atoms with Crippen LogP contribution in [0.1, 0.15) is 50.7 Å². The van der Waals surface area contributed by atoms with Gasteiger partial charge in [-0.15, -0.1) is 0 Å². The van der Waals surface area contributed by atoms with Gasteiger partial charge < -0.3 is 5.32 Å². The molecule has 1 aliphatic rings. The van der Waals surface area contributed by atoms with Crippen LogP contribution in [0.25, 0.3) is 0 Å². The average molecular weight is 274 g/mol. The Morgan fingerprint density at radius 3 is 2.75 bits per heavy atom. The summed E-state index contributed by atoms with van der Waals surface area (Å²) in [5.41, 5.74) is 3.09. The third kappa shape index (κ3) is 4.60. The summed E-state index contributed by atoms with van der Waals surface area (Å²) in [6, 6.07) is 9.63. The van der Waals surface area contributed by atoms with E-state index in [1.165, 1.54) is 50.8 Å². The number of hydrogen-bond acceptors (Lipinski definition) is 2. The van der Waals surface area contributed by atoms with E-state index in [0.717, 1.165) is 13.1 Å². The molecule has 1 N–H and O–H groups in total. The van der Waals surface area contributed by atoms with E-state index in [-0.39, 0.29) is 0 Å². The van der Waals surface area contributed by atoms with Crippen LogP contribution in [0.5, 0.6) is 0 Å². The van der Waals surface area contributed by atoms with Gasteiger partial charge in [0.2, 0.25) is 0 Å². The van der Waals surface area contributed by atoms with Crippen LogP contribution in [0, 0.1) is 0 Å². The molecule has 112 valence electrons. The van der Waals surface area contributed by atoms with Crippen molar-refractivity contribution in [1.29, 1.82) is 0 Å². The number of fused-ring (bicyclic) bond motifs is 1. The van der Waals surface area contributed by atoms with Crippen LogP contribution in [0.15, 0.2) is 24.3 Å². The molecule has 0 amide bonds. The second-order valence-corrected chi connectivity index (χ2v) is 6.00. The van der Waals surface area contributed by atoms with E-state index in [1.54, 1.807) is 5.56 Å². The molecule has 0 radical (unpaired) electrons. The highest BCUT2D eigenvalue weighted by molar-refractivity contribution is 5.28. The first kappa shape index (κ1) is 15.5. The monoisotopic (exact) mass is 274 g/mol. The summed E-state index contributed by atoms with van der Waals surface area (Å²) >= 11 is 0. The summed E-state index contributed by atoms with van der Waals surface area (Å²) < 4.78 is 0. The summed E-state index contributed by atoms with van der Waals surface area (Å²) in [6.07, 6.45) is 6.34. The van der Waals surface area contributed by atoms with Crippen LogP contribution in [-0.2, 0) is 13.0 Å². The molecule has 0 spiro atoms. The van der Waals surface area contributed by atoms with Crippen LogP contribution in [-0.4, -0.2) is 30.6 Å². The maximum atomic E-state index is 3.65. The molecule has 0 aliphatic carbocycles. The van der Waals surface area contributed by atoms with Gasteiger partial charge in [-0.05, 0) is 56.3 Å². The first-order chi connectivity index (χ1) is 9.83. The molecule has 2 nitrogen and oxygen atoms in total. The van der Waals surface area contributed by atoms with E-state index in [4.69, 9.17) is 0 Å². The molecule has 1 aliphatic heterocycles. The van der Waals surface area contributed by atoms with E-state index in [2.05, 4.69) is 48.3 Å². The summed E-state index contributed by atoms with van der Waals surface area (Å²) in [5.74, 6) is 0. The number of rotatable bonds is 8. The zero-order valence-electron chi connectivity index (χ0n) is 13.2. The van der Waals surface area contributed by atoms with E-state index in [9.17, 15) is 0 Å². The van der Waals surface area contributed by atoms with Gasteiger partial charge in [-0.2, -0.15) is 0 Å². The van der Waals surface area contributed by atoms with Crippen molar-refractivity contribution in [2.45, 2.75) is 58.5 Å². The van der Waals surface area contributed by atoms with Crippen molar-refractivity contribution in [3.8, 4) is 0 Å². The number of hydrogen-bond donors (Lipinski definition) is 1. The Kier molecular flexibility index (Phi) is 6.55. The Hall–Kier alpha value is -0.860. The fraction of sp³-hybridized carbons (Fsp3) is 0.667. The normalized spacial score (nSPS) is 16.9. The van der Waals surface area contributed by atoms with Crippen molar-refractivity contribution >= 4 is 0 Å². The minimum absolute atomic E-state index is 0.715. The van der Waals surface area contributed by atoms with Crippen molar-refractivity contribution in [3.05, 3.63) is 35.4 Å². The summed E-state index contributed by atoms with van der Waals surface area (Å²) in [6.45, 7) is 9.33. The van der Waals surface area contributed by atoms with E-state index < -0.39 is 0 Å². The summed E-state index contributed by atoms with van der Waals surface area (Å²) in [5, 5.41) is 3.65. The standard InChI is InChI=1S/C18H30N2/c1-3-12-19-18(4-2)10-7-13-20-14-11-16-8-5-6-9-17(16)15-20/h5-6,8-9,18-19H,3-4,7,10-15H2,1-2H3. The zero-order chi connectivity index (χ0) is 14.2. The van der Waals surface area contributed by atoms with Gasteiger partial charge in [-0.1, -0.05) is 38.1 Å². The van der Waals surface area contributed by atoms with Gasteiger partial charge >= 0.3 is 0 Å². The molecule has 1 atom stereocenters. The molecule has 2 rings (SSSR count). The Balaban J connectivity index is 1.70. The lowest BCUT2D eigenvalue weighted by molar-refractivity contribution is 0.243. The van der Waals surface area contributed by atoms with Crippen molar-refractivity contribution < 1.29 is 0 Å². The van der Waals surface area contributed by atoms with Crippen LogP contribution in [0.4, 0.5) is 0 Å². The van der Waals surface area contributed by atoms with Crippen molar-refractivity contribution in [3.63, 3.8) is 0 Å². The van der Waals surface area contributed by atoms with Gasteiger partial charge in [-0.25, -0.2) is 0 Å².